The summed E-state index contributed by atoms with van der Waals surface area (Å²) in [5.74, 6) is -0.160. The summed E-state index contributed by atoms with van der Waals surface area (Å²) >= 11 is 0. The average molecular weight is 249 g/mol. The summed E-state index contributed by atoms with van der Waals surface area (Å²) < 4.78 is 0. The number of amides is 1. The normalized spacial score (nSPS) is 17.2. The number of hydrogen-bond donors (Lipinski definition) is 1. The monoisotopic (exact) mass is 249 g/mol. The van der Waals surface area contributed by atoms with Crippen LogP contribution in [0.5, 0.6) is 5.75 Å². The van der Waals surface area contributed by atoms with Gasteiger partial charge in [-0.25, -0.2) is 0 Å². The third kappa shape index (κ3) is 2.61. The Labute approximate surface area is 107 Å². The van der Waals surface area contributed by atoms with Crippen molar-refractivity contribution in [3.05, 3.63) is 24.0 Å². The molecule has 5 nitrogen and oxygen atoms in total. The molecule has 98 valence electrons. The molecule has 2 rings (SSSR count). The number of aromatic nitrogens is 1. The van der Waals surface area contributed by atoms with Crippen molar-refractivity contribution in [1.82, 2.24) is 14.8 Å². The lowest BCUT2D eigenvalue weighted by Gasteiger charge is -2.36. The van der Waals surface area contributed by atoms with E-state index in [0.29, 0.717) is 24.7 Å². The van der Waals surface area contributed by atoms with Gasteiger partial charge in [-0.3, -0.25) is 14.7 Å². The summed E-state index contributed by atoms with van der Waals surface area (Å²) in [4.78, 5) is 20.1. The summed E-state index contributed by atoms with van der Waals surface area (Å²) in [7, 11) is 0. The van der Waals surface area contributed by atoms with Gasteiger partial charge in [-0.1, -0.05) is 0 Å². The molecule has 0 aromatic carbocycles. The maximum Gasteiger partial charge on any atom is 0.257 e. The first-order valence-electron chi connectivity index (χ1n) is 6.26. The van der Waals surface area contributed by atoms with E-state index in [-0.39, 0.29) is 11.7 Å². The third-order valence-corrected chi connectivity index (χ3v) is 3.36. The molecule has 1 N–H and O–H groups in total. The molecule has 0 unspecified atom stereocenters. The molecule has 0 bridgehead atoms. The van der Waals surface area contributed by atoms with Crippen molar-refractivity contribution in [3.63, 3.8) is 0 Å². The van der Waals surface area contributed by atoms with Gasteiger partial charge >= 0.3 is 0 Å². The number of aromatic hydroxyl groups is 1. The van der Waals surface area contributed by atoms with Crippen molar-refractivity contribution in [3.8, 4) is 5.75 Å². The number of pyridine rings is 1. The van der Waals surface area contributed by atoms with Gasteiger partial charge in [0.1, 0.15) is 5.75 Å². The van der Waals surface area contributed by atoms with Crippen LogP contribution < -0.4 is 0 Å². The molecule has 0 atom stereocenters. The third-order valence-electron chi connectivity index (χ3n) is 3.36. The molecule has 1 saturated heterocycles. The van der Waals surface area contributed by atoms with Crippen LogP contribution in [0.25, 0.3) is 0 Å². The molecule has 0 aliphatic carbocycles. The summed E-state index contributed by atoms with van der Waals surface area (Å²) in [5.41, 5.74) is 0.336. The van der Waals surface area contributed by atoms with Crippen LogP contribution in [0.15, 0.2) is 18.5 Å². The van der Waals surface area contributed by atoms with E-state index in [9.17, 15) is 9.90 Å². The van der Waals surface area contributed by atoms with Gasteiger partial charge in [0.15, 0.2) is 0 Å². The summed E-state index contributed by atoms with van der Waals surface area (Å²) in [5, 5.41) is 9.63. The fraction of sp³-hybridized carbons (Fsp3) is 0.538. The van der Waals surface area contributed by atoms with Crippen molar-refractivity contribution in [2.24, 2.45) is 0 Å². The molecule has 1 aliphatic heterocycles. The largest absolute Gasteiger partial charge is 0.505 e. The molecular weight excluding hydrogens is 230 g/mol. The molecular formula is C13H19N3O2. The minimum Gasteiger partial charge on any atom is -0.505 e. The van der Waals surface area contributed by atoms with E-state index in [4.69, 9.17) is 0 Å². The second kappa shape index (κ2) is 5.35. The second-order valence-electron chi connectivity index (χ2n) is 4.81. The van der Waals surface area contributed by atoms with Gasteiger partial charge in [-0.05, 0) is 19.9 Å². The van der Waals surface area contributed by atoms with Crippen molar-refractivity contribution >= 4 is 5.91 Å². The number of rotatable bonds is 2. The summed E-state index contributed by atoms with van der Waals surface area (Å²) in [6.45, 7) is 7.50. The standard InChI is InChI=1S/C13H19N3O2/c1-10(2)15-5-7-16(8-6-15)13(18)11-3-4-14-9-12(11)17/h3-4,9-10,17H,5-8H2,1-2H3. The molecule has 18 heavy (non-hydrogen) atoms. The average Bonchev–Trinajstić information content (AvgIpc) is 2.38. The van der Waals surface area contributed by atoms with Crippen molar-refractivity contribution in [2.75, 3.05) is 26.2 Å². The first-order chi connectivity index (χ1) is 8.59. The fourth-order valence-corrected chi connectivity index (χ4v) is 2.18. The van der Waals surface area contributed by atoms with Crippen molar-refractivity contribution < 1.29 is 9.90 Å². The Morgan fingerprint density at radius 3 is 2.56 bits per heavy atom. The quantitative estimate of drug-likeness (QED) is 0.848. The van der Waals surface area contributed by atoms with Crippen LogP contribution in [0.4, 0.5) is 0 Å². The smallest absolute Gasteiger partial charge is 0.257 e. The SMILES string of the molecule is CC(C)N1CCN(C(=O)c2ccncc2O)CC1. The number of hydrogen-bond acceptors (Lipinski definition) is 4. The van der Waals surface area contributed by atoms with E-state index in [1.807, 2.05) is 0 Å². The predicted octanol–water partition coefficient (Wildman–Crippen LogP) is 0.953. The molecule has 2 heterocycles. The van der Waals surface area contributed by atoms with Crippen LogP contribution in [-0.4, -0.2) is 58.0 Å². The van der Waals surface area contributed by atoms with Gasteiger partial charge in [0.05, 0.1) is 11.8 Å². The zero-order chi connectivity index (χ0) is 13.1. The van der Waals surface area contributed by atoms with Gasteiger partial charge in [0, 0.05) is 38.4 Å². The molecule has 1 aromatic rings. The number of piperazine rings is 1. The molecule has 1 aromatic heterocycles. The van der Waals surface area contributed by atoms with Gasteiger partial charge in [0.25, 0.3) is 5.91 Å². The van der Waals surface area contributed by atoms with Crippen LogP contribution in [0.1, 0.15) is 24.2 Å². The number of nitrogens with zero attached hydrogens (tertiary/aromatic N) is 3. The van der Waals surface area contributed by atoms with Gasteiger partial charge in [0.2, 0.25) is 0 Å². The zero-order valence-electron chi connectivity index (χ0n) is 10.8. The van der Waals surface area contributed by atoms with Crippen molar-refractivity contribution in [2.45, 2.75) is 19.9 Å². The van der Waals surface area contributed by atoms with Gasteiger partial charge in [-0.15, -0.1) is 0 Å². The molecule has 0 spiro atoms. The fourth-order valence-electron chi connectivity index (χ4n) is 2.18. The lowest BCUT2D eigenvalue weighted by Crippen LogP contribution is -2.50. The highest BCUT2D eigenvalue weighted by Crippen LogP contribution is 2.17. The van der Waals surface area contributed by atoms with Crippen LogP contribution in [-0.2, 0) is 0 Å². The van der Waals surface area contributed by atoms with Gasteiger partial charge in [-0.2, -0.15) is 0 Å². The number of carbonyl (C=O) groups is 1. The highest BCUT2D eigenvalue weighted by molar-refractivity contribution is 5.96. The Kier molecular flexibility index (Phi) is 3.81. The molecule has 5 heteroatoms. The zero-order valence-corrected chi connectivity index (χ0v) is 10.8. The summed E-state index contributed by atoms with van der Waals surface area (Å²) in [6.07, 6.45) is 2.83. The lowest BCUT2D eigenvalue weighted by molar-refractivity contribution is 0.0592. The molecule has 1 aliphatic rings. The predicted molar refractivity (Wildman–Crippen MR) is 68.5 cm³/mol. The van der Waals surface area contributed by atoms with E-state index in [1.165, 1.54) is 12.4 Å². The molecule has 0 radical (unpaired) electrons. The first-order valence-corrected chi connectivity index (χ1v) is 6.26. The van der Waals surface area contributed by atoms with Crippen molar-refractivity contribution in [1.29, 1.82) is 0 Å². The highest BCUT2D eigenvalue weighted by atomic mass is 16.3. The molecule has 0 saturated carbocycles. The van der Waals surface area contributed by atoms with E-state index >= 15 is 0 Å². The van der Waals surface area contributed by atoms with Crippen LogP contribution in [0, 0.1) is 0 Å². The van der Waals surface area contributed by atoms with Crippen LogP contribution >= 0.6 is 0 Å². The Bertz CT molecular complexity index is 426. The first kappa shape index (κ1) is 12.8. The second-order valence-corrected chi connectivity index (χ2v) is 4.81. The Balaban J connectivity index is 2.02. The van der Waals surface area contributed by atoms with E-state index < -0.39 is 0 Å². The Morgan fingerprint density at radius 1 is 1.33 bits per heavy atom. The Hall–Kier alpha value is -1.62. The van der Waals surface area contributed by atoms with Crippen LogP contribution in [0.3, 0.4) is 0 Å². The van der Waals surface area contributed by atoms with Crippen LogP contribution in [0.2, 0.25) is 0 Å². The Morgan fingerprint density at radius 2 is 2.00 bits per heavy atom. The van der Waals surface area contributed by atoms with E-state index in [2.05, 4.69) is 23.7 Å². The molecule has 1 amide bonds. The maximum absolute atomic E-state index is 12.2. The highest BCUT2D eigenvalue weighted by Gasteiger charge is 2.24. The topological polar surface area (TPSA) is 56.7 Å². The van der Waals surface area contributed by atoms with E-state index in [0.717, 1.165) is 13.1 Å². The summed E-state index contributed by atoms with van der Waals surface area (Å²) in [6, 6.07) is 2.07. The van der Waals surface area contributed by atoms with Gasteiger partial charge < -0.3 is 10.0 Å². The maximum atomic E-state index is 12.2. The lowest BCUT2D eigenvalue weighted by atomic mass is 10.2. The minimum atomic E-state index is -0.113. The number of carbonyl (C=O) groups excluding carboxylic acids is 1. The molecule has 1 fully saturated rings. The minimum absolute atomic E-state index is 0.0474. The van der Waals surface area contributed by atoms with E-state index in [1.54, 1.807) is 11.0 Å².